The first-order valence-corrected chi connectivity index (χ1v) is 6.05. The molecule has 3 nitrogen and oxygen atoms in total. The van der Waals surface area contributed by atoms with Crippen LogP contribution in [-0.2, 0) is 0 Å². The number of rotatable bonds is 3. The van der Waals surface area contributed by atoms with E-state index in [4.69, 9.17) is 4.74 Å². The van der Waals surface area contributed by atoms with Crippen molar-refractivity contribution >= 4 is 11.0 Å². The molecule has 2 aromatic carbocycles. The third-order valence-electron chi connectivity index (χ3n) is 2.82. The third-order valence-corrected chi connectivity index (χ3v) is 2.82. The number of imidazole rings is 1. The lowest BCUT2D eigenvalue weighted by atomic mass is 10.2. The van der Waals surface area contributed by atoms with Gasteiger partial charge < -0.3 is 9.72 Å². The van der Waals surface area contributed by atoms with Crippen LogP contribution in [0.2, 0.25) is 0 Å². The van der Waals surface area contributed by atoms with Crippen LogP contribution in [0.3, 0.4) is 0 Å². The van der Waals surface area contributed by atoms with Gasteiger partial charge in [-0.15, -0.1) is 0 Å². The maximum absolute atomic E-state index is 5.59. The highest BCUT2D eigenvalue weighted by Gasteiger charge is 2.08. The van der Waals surface area contributed by atoms with Crippen molar-refractivity contribution in [2.45, 2.75) is 6.92 Å². The molecule has 18 heavy (non-hydrogen) atoms. The number of ether oxygens (including phenoxy) is 1. The van der Waals surface area contributed by atoms with Crippen LogP contribution in [-0.4, -0.2) is 16.6 Å². The molecule has 0 aliphatic carbocycles. The van der Waals surface area contributed by atoms with E-state index in [1.54, 1.807) is 0 Å². The van der Waals surface area contributed by atoms with Gasteiger partial charge in [-0.25, -0.2) is 4.98 Å². The van der Waals surface area contributed by atoms with Crippen molar-refractivity contribution in [3.05, 3.63) is 48.5 Å². The fourth-order valence-corrected chi connectivity index (χ4v) is 2.01. The van der Waals surface area contributed by atoms with Crippen molar-refractivity contribution < 1.29 is 4.74 Å². The molecule has 0 aliphatic heterocycles. The minimum absolute atomic E-state index is 0.645. The Balaban J connectivity index is 2.14. The van der Waals surface area contributed by atoms with Crippen LogP contribution in [0, 0.1) is 0 Å². The second-order valence-corrected chi connectivity index (χ2v) is 4.04. The smallest absolute Gasteiger partial charge is 0.147 e. The van der Waals surface area contributed by atoms with Crippen molar-refractivity contribution in [1.82, 2.24) is 9.97 Å². The number of hydrogen-bond acceptors (Lipinski definition) is 2. The largest absolute Gasteiger partial charge is 0.492 e. The van der Waals surface area contributed by atoms with Crippen molar-refractivity contribution in [3.63, 3.8) is 0 Å². The summed E-state index contributed by atoms with van der Waals surface area (Å²) in [5, 5.41) is 0. The van der Waals surface area contributed by atoms with Gasteiger partial charge in [0.05, 0.1) is 12.1 Å². The number of H-pyrrole nitrogens is 1. The number of aromatic nitrogens is 2. The highest BCUT2D eigenvalue weighted by molar-refractivity contribution is 5.84. The topological polar surface area (TPSA) is 37.9 Å². The summed E-state index contributed by atoms with van der Waals surface area (Å²) in [6.45, 7) is 2.62. The van der Waals surface area contributed by atoms with E-state index in [2.05, 4.69) is 9.97 Å². The van der Waals surface area contributed by atoms with Gasteiger partial charge in [0.25, 0.3) is 0 Å². The molecule has 90 valence electrons. The molecular formula is C15H14N2O. The molecule has 0 spiro atoms. The Kier molecular flexibility index (Phi) is 2.73. The van der Waals surface area contributed by atoms with E-state index in [-0.39, 0.29) is 0 Å². The Morgan fingerprint density at radius 1 is 1.06 bits per heavy atom. The summed E-state index contributed by atoms with van der Waals surface area (Å²) >= 11 is 0. The predicted molar refractivity (Wildman–Crippen MR) is 72.7 cm³/mol. The summed E-state index contributed by atoms with van der Waals surface area (Å²) in [5.41, 5.74) is 2.97. The Morgan fingerprint density at radius 2 is 1.89 bits per heavy atom. The molecule has 0 bridgehead atoms. The second kappa shape index (κ2) is 4.53. The molecule has 0 atom stereocenters. The number of aromatic amines is 1. The van der Waals surface area contributed by atoms with E-state index in [9.17, 15) is 0 Å². The molecule has 0 saturated carbocycles. The van der Waals surface area contributed by atoms with Crippen molar-refractivity contribution in [2.24, 2.45) is 0 Å². The highest BCUT2D eigenvalue weighted by atomic mass is 16.5. The normalized spacial score (nSPS) is 10.7. The van der Waals surface area contributed by atoms with Gasteiger partial charge in [-0.2, -0.15) is 0 Å². The standard InChI is InChI=1S/C15H14N2O/c1-2-18-13-10-6-9-12-14(13)17-15(16-12)11-7-4-3-5-8-11/h3-10H,2H2,1H3,(H,16,17). The zero-order chi connectivity index (χ0) is 12.4. The number of nitrogens with zero attached hydrogens (tertiary/aromatic N) is 1. The summed E-state index contributed by atoms with van der Waals surface area (Å²) in [7, 11) is 0. The fourth-order valence-electron chi connectivity index (χ4n) is 2.01. The van der Waals surface area contributed by atoms with E-state index in [0.717, 1.165) is 28.2 Å². The lowest BCUT2D eigenvalue weighted by Gasteiger charge is -2.01. The zero-order valence-corrected chi connectivity index (χ0v) is 10.2. The summed E-state index contributed by atoms with van der Waals surface area (Å²) in [5.74, 6) is 1.70. The summed E-state index contributed by atoms with van der Waals surface area (Å²) in [6, 6.07) is 16.0. The van der Waals surface area contributed by atoms with Crippen LogP contribution < -0.4 is 4.74 Å². The summed E-state index contributed by atoms with van der Waals surface area (Å²) in [4.78, 5) is 7.94. The van der Waals surface area contributed by atoms with Gasteiger partial charge >= 0.3 is 0 Å². The van der Waals surface area contributed by atoms with Gasteiger partial charge in [0.15, 0.2) is 0 Å². The van der Waals surface area contributed by atoms with Crippen molar-refractivity contribution in [1.29, 1.82) is 0 Å². The van der Waals surface area contributed by atoms with Gasteiger partial charge in [-0.1, -0.05) is 36.4 Å². The lowest BCUT2D eigenvalue weighted by Crippen LogP contribution is -1.91. The Hall–Kier alpha value is -2.29. The number of para-hydroxylation sites is 1. The highest BCUT2D eigenvalue weighted by Crippen LogP contribution is 2.27. The first-order valence-electron chi connectivity index (χ1n) is 6.05. The second-order valence-electron chi connectivity index (χ2n) is 4.04. The molecule has 1 aromatic heterocycles. The number of fused-ring (bicyclic) bond motifs is 1. The van der Waals surface area contributed by atoms with Gasteiger partial charge in [-0.3, -0.25) is 0 Å². The molecule has 1 heterocycles. The SMILES string of the molecule is CCOc1cccc2[nH]c(-c3ccccc3)nc12. The summed E-state index contributed by atoms with van der Waals surface area (Å²) in [6.07, 6.45) is 0. The minimum atomic E-state index is 0.645. The molecule has 0 saturated heterocycles. The molecule has 3 heteroatoms. The Labute approximate surface area is 105 Å². The minimum Gasteiger partial charge on any atom is -0.492 e. The predicted octanol–water partition coefficient (Wildman–Crippen LogP) is 3.63. The molecule has 0 aliphatic rings. The van der Waals surface area contributed by atoms with Crippen LogP contribution in [0.1, 0.15) is 6.92 Å². The molecule has 1 N–H and O–H groups in total. The molecule has 0 amide bonds. The average Bonchev–Trinajstić information content (AvgIpc) is 2.85. The van der Waals surface area contributed by atoms with Gasteiger partial charge in [0.1, 0.15) is 17.1 Å². The number of nitrogens with one attached hydrogen (secondary N) is 1. The lowest BCUT2D eigenvalue weighted by molar-refractivity contribution is 0.344. The molecule has 0 fully saturated rings. The van der Waals surface area contributed by atoms with Crippen molar-refractivity contribution in [2.75, 3.05) is 6.61 Å². The summed E-state index contributed by atoms with van der Waals surface area (Å²) < 4.78 is 5.59. The first-order chi connectivity index (χ1) is 8.88. The van der Waals surface area contributed by atoms with E-state index in [1.165, 1.54) is 0 Å². The van der Waals surface area contributed by atoms with E-state index in [0.29, 0.717) is 6.61 Å². The fraction of sp³-hybridized carbons (Fsp3) is 0.133. The molecular weight excluding hydrogens is 224 g/mol. The quantitative estimate of drug-likeness (QED) is 0.756. The number of benzene rings is 2. The van der Waals surface area contributed by atoms with Gasteiger partial charge in [-0.05, 0) is 19.1 Å². The van der Waals surface area contributed by atoms with Crippen molar-refractivity contribution in [3.8, 4) is 17.1 Å². The molecule has 3 rings (SSSR count). The number of hydrogen-bond donors (Lipinski definition) is 1. The maximum Gasteiger partial charge on any atom is 0.147 e. The van der Waals surface area contributed by atoms with Crippen LogP contribution >= 0.6 is 0 Å². The molecule has 3 aromatic rings. The van der Waals surface area contributed by atoms with Gasteiger partial charge in [0, 0.05) is 5.56 Å². The van der Waals surface area contributed by atoms with Crippen LogP contribution in [0.5, 0.6) is 5.75 Å². The Bertz CT molecular complexity index is 659. The first kappa shape index (κ1) is 10.8. The van der Waals surface area contributed by atoms with E-state index in [1.807, 2.05) is 55.5 Å². The monoisotopic (exact) mass is 238 g/mol. The van der Waals surface area contributed by atoms with E-state index >= 15 is 0 Å². The zero-order valence-electron chi connectivity index (χ0n) is 10.2. The van der Waals surface area contributed by atoms with Crippen LogP contribution in [0.25, 0.3) is 22.4 Å². The maximum atomic E-state index is 5.59. The molecule has 0 unspecified atom stereocenters. The van der Waals surface area contributed by atoms with Gasteiger partial charge in [0.2, 0.25) is 0 Å². The van der Waals surface area contributed by atoms with Crippen LogP contribution in [0.15, 0.2) is 48.5 Å². The Morgan fingerprint density at radius 3 is 2.67 bits per heavy atom. The third kappa shape index (κ3) is 1.84. The van der Waals surface area contributed by atoms with Crippen LogP contribution in [0.4, 0.5) is 0 Å². The molecule has 0 radical (unpaired) electrons. The van der Waals surface area contributed by atoms with E-state index < -0.39 is 0 Å². The average molecular weight is 238 g/mol.